The van der Waals surface area contributed by atoms with Gasteiger partial charge in [0.25, 0.3) is 0 Å². The third-order valence-corrected chi connectivity index (χ3v) is 5.40. The quantitative estimate of drug-likeness (QED) is 0.590. The first-order valence-corrected chi connectivity index (χ1v) is 10.2. The number of imidazole rings is 1. The molecule has 0 amide bonds. The first-order valence-electron chi connectivity index (χ1n) is 9.38. The van der Waals surface area contributed by atoms with E-state index in [2.05, 4.69) is 21.9 Å². The zero-order valence-electron chi connectivity index (χ0n) is 16.9. The summed E-state index contributed by atoms with van der Waals surface area (Å²) in [5.41, 5.74) is 2.49. The monoisotopic (exact) mass is 446 g/mol. The molecule has 0 aliphatic carbocycles. The van der Waals surface area contributed by atoms with Crippen molar-refractivity contribution < 1.29 is 14.2 Å². The van der Waals surface area contributed by atoms with Crippen molar-refractivity contribution >= 4 is 15.9 Å². The van der Waals surface area contributed by atoms with Crippen LogP contribution in [0.25, 0.3) is 0 Å². The highest BCUT2D eigenvalue weighted by atomic mass is 79.9. The topological polar surface area (TPSA) is 45.5 Å². The van der Waals surface area contributed by atoms with Gasteiger partial charge < -0.3 is 14.2 Å². The zero-order valence-corrected chi connectivity index (χ0v) is 18.5. The molecule has 150 valence electrons. The first kappa shape index (κ1) is 21.1. The molecule has 6 heteroatoms. The van der Waals surface area contributed by atoms with E-state index in [9.17, 15) is 0 Å². The third kappa shape index (κ3) is 4.84. The first-order chi connectivity index (χ1) is 13.2. The largest absolute Gasteiger partial charge is 0.356 e. The summed E-state index contributed by atoms with van der Waals surface area (Å²) in [6, 6.07) is 10.1. The molecule has 2 heterocycles. The highest BCUT2D eigenvalue weighted by Crippen LogP contribution is 2.32. The molecule has 1 aliphatic rings. The second kappa shape index (κ2) is 8.38. The molecule has 1 saturated heterocycles. The number of nitrogens with zero attached hydrogens (tertiary/aromatic N) is 2. The summed E-state index contributed by atoms with van der Waals surface area (Å²) in [7, 11) is 0. The summed E-state index contributed by atoms with van der Waals surface area (Å²) in [4.78, 5) is 4.72. The molecule has 0 bridgehead atoms. The Morgan fingerprint density at radius 3 is 2.68 bits per heavy atom. The van der Waals surface area contributed by atoms with E-state index >= 15 is 0 Å². The summed E-state index contributed by atoms with van der Waals surface area (Å²) in [5, 5.41) is 0. The fourth-order valence-corrected chi connectivity index (χ4v) is 3.77. The fraction of sp³-hybridized carbons (Fsp3) is 0.500. The molecule has 0 radical (unpaired) electrons. The second-order valence-electron chi connectivity index (χ2n) is 7.99. The summed E-state index contributed by atoms with van der Waals surface area (Å²) in [5.74, 6) is 2.28. The molecule has 28 heavy (non-hydrogen) atoms. The molecule has 1 fully saturated rings. The van der Waals surface area contributed by atoms with E-state index in [-0.39, 0.29) is 6.10 Å². The molecule has 0 spiro atoms. The Morgan fingerprint density at radius 2 is 2.07 bits per heavy atom. The molecule has 1 aromatic carbocycles. The molecular formula is C22H27BrN2O3. The van der Waals surface area contributed by atoms with Gasteiger partial charge >= 0.3 is 0 Å². The van der Waals surface area contributed by atoms with Crippen molar-refractivity contribution in [2.24, 2.45) is 0 Å². The lowest BCUT2D eigenvalue weighted by Crippen LogP contribution is -2.25. The molecule has 3 rings (SSSR count). The molecular weight excluding hydrogens is 420 g/mol. The van der Waals surface area contributed by atoms with Crippen molar-refractivity contribution in [2.45, 2.75) is 64.8 Å². The Kier molecular flexibility index (Phi) is 6.31. The predicted octanol–water partition coefficient (Wildman–Crippen LogP) is 4.42. The highest BCUT2D eigenvalue weighted by molar-refractivity contribution is 9.10. The number of aromatic nitrogens is 2. The van der Waals surface area contributed by atoms with Gasteiger partial charge in [-0.2, -0.15) is 0 Å². The van der Waals surface area contributed by atoms with E-state index in [0.29, 0.717) is 31.1 Å². The van der Waals surface area contributed by atoms with Crippen molar-refractivity contribution in [3.05, 3.63) is 52.0 Å². The van der Waals surface area contributed by atoms with Crippen LogP contribution in [0.3, 0.4) is 0 Å². The number of ether oxygens (including phenoxy) is 3. The third-order valence-electron chi connectivity index (χ3n) is 4.80. The zero-order chi connectivity index (χ0) is 20.4. The number of hydrogen-bond donors (Lipinski definition) is 0. The Morgan fingerprint density at radius 1 is 1.36 bits per heavy atom. The summed E-state index contributed by atoms with van der Waals surface area (Å²) >= 11 is 3.58. The number of rotatable bonds is 7. The number of hydrogen-bond acceptors (Lipinski definition) is 4. The van der Waals surface area contributed by atoms with E-state index in [0.717, 1.165) is 17.0 Å². The van der Waals surface area contributed by atoms with Gasteiger partial charge in [0.05, 0.1) is 30.4 Å². The molecule has 5 nitrogen and oxygen atoms in total. The predicted molar refractivity (Wildman–Crippen MR) is 112 cm³/mol. The SMILES string of the molecule is C#CC(C)(C)c1nc(Br)n(COCc2ccccc2)c1CC1COC(C)(C)O1. The minimum atomic E-state index is -0.571. The molecule has 1 aliphatic heterocycles. The normalized spacial score (nSPS) is 18.9. The number of benzene rings is 1. The van der Waals surface area contributed by atoms with Crippen LogP contribution < -0.4 is 0 Å². The van der Waals surface area contributed by atoms with Crippen LogP contribution >= 0.6 is 15.9 Å². The average Bonchev–Trinajstić information content (AvgIpc) is 3.16. The standard InChI is InChI=1S/C22H27BrN2O3/c1-6-21(2,3)19-18(12-17-14-27-22(4,5)28-17)25(20(23)24-19)15-26-13-16-10-8-7-9-11-16/h1,7-11,17H,12-15H2,2-5H3. The summed E-state index contributed by atoms with van der Waals surface area (Å²) in [6.45, 7) is 9.28. The van der Waals surface area contributed by atoms with Crippen molar-refractivity contribution in [1.29, 1.82) is 0 Å². The van der Waals surface area contributed by atoms with E-state index in [1.54, 1.807) is 0 Å². The second-order valence-corrected chi connectivity index (χ2v) is 8.70. The number of halogens is 1. The minimum Gasteiger partial charge on any atom is -0.356 e. The van der Waals surface area contributed by atoms with Crippen LogP contribution in [-0.4, -0.2) is 28.0 Å². The maximum atomic E-state index is 6.02. The Bertz CT molecular complexity index is 853. The van der Waals surface area contributed by atoms with Crippen LogP contribution in [0.5, 0.6) is 0 Å². The van der Waals surface area contributed by atoms with Gasteiger partial charge in [-0.3, -0.25) is 4.57 Å². The molecule has 1 aromatic heterocycles. The highest BCUT2D eigenvalue weighted by Gasteiger charge is 2.36. The van der Waals surface area contributed by atoms with Crippen LogP contribution in [0.4, 0.5) is 0 Å². The Balaban J connectivity index is 1.82. The number of terminal acetylenes is 1. The lowest BCUT2D eigenvalue weighted by atomic mass is 9.88. The smallest absolute Gasteiger partial charge is 0.179 e. The maximum absolute atomic E-state index is 6.02. The summed E-state index contributed by atoms with van der Waals surface area (Å²) in [6.07, 6.45) is 6.39. The van der Waals surface area contributed by atoms with E-state index < -0.39 is 11.2 Å². The van der Waals surface area contributed by atoms with Gasteiger partial charge in [-0.1, -0.05) is 36.3 Å². The molecule has 2 aromatic rings. The fourth-order valence-electron chi connectivity index (χ4n) is 3.27. The maximum Gasteiger partial charge on any atom is 0.179 e. The average molecular weight is 447 g/mol. The summed E-state index contributed by atoms with van der Waals surface area (Å²) < 4.78 is 20.4. The van der Waals surface area contributed by atoms with Crippen LogP contribution in [0.1, 0.15) is 44.6 Å². The van der Waals surface area contributed by atoms with Gasteiger partial charge in [0.1, 0.15) is 6.73 Å². The van der Waals surface area contributed by atoms with Gasteiger partial charge in [0.2, 0.25) is 0 Å². The van der Waals surface area contributed by atoms with Crippen LogP contribution in [0.15, 0.2) is 35.1 Å². The lowest BCUT2D eigenvalue weighted by Gasteiger charge is -2.21. The van der Waals surface area contributed by atoms with Gasteiger partial charge in [-0.15, -0.1) is 6.42 Å². The van der Waals surface area contributed by atoms with E-state index in [1.807, 2.05) is 62.6 Å². The van der Waals surface area contributed by atoms with Gasteiger partial charge in [-0.25, -0.2) is 4.98 Å². The van der Waals surface area contributed by atoms with E-state index in [4.69, 9.17) is 25.6 Å². The minimum absolute atomic E-state index is 0.0567. The van der Waals surface area contributed by atoms with Crippen molar-refractivity contribution in [3.8, 4) is 12.3 Å². The molecule has 1 atom stereocenters. The van der Waals surface area contributed by atoms with Gasteiger partial charge in [0.15, 0.2) is 10.5 Å². The van der Waals surface area contributed by atoms with Gasteiger partial charge in [0, 0.05) is 12.1 Å². The Hall–Kier alpha value is -1.65. The van der Waals surface area contributed by atoms with Gasteiger partial charge in [-0.05, 0) is 49.2 Å². The molecule has 0 N–H and O–H groups in total. The van der Waals surface area contributed by atoms with Crippen LogP contribution in [0.2, 0.25) is 0 Å². The van der Waals surface area contributed by atoms with Crippen molar-refractivity contribution in [2.75, 3.05) is 6.61 Å². The van der Waals surface area contributed by atoms with Crippen molar-refractivity contribution in [3.63, 3.8) is 0 Å². The van der Waals surface area contributed by atoms with Crippen LogP contribution in [-0.2, 0) is 39.4 Å². The van der Waals surface area contributed by atoms with Crippen molar-refractivity contribution in [1.82, 2.24) is 9.55 Å². The molecule has 0 saturated carbocycles. The lowest BCUT2D eigenvalue weighted by molar-refractivity contribution is -0.138. The Labute approximate surface area is 175 Å². The van der Waals surface area contributed by atoms with Crippen LogP contribution in [0, 0.1) is 12.3 Å². The molecule has 1 unspecified atom stereocenters. The van der Waals surface area contributed by atoms with E-state index in [1.165, 1.54) is 0 Å².